The van der Waals surface area contributed by atoms with Gasteiger partial charge in [-0.25, -0.2) is 9.78 Å². The van der Waals surface area contributed by atoms with E-state index in [-0.39, 0.29) is 24.8 Å². The number of carbonyl (C=O) groups excluding carboxylic acids is 1. The molecule has 1 atom stereocenters. The van der Waals surface area contributed by atoms with Crippen molar-refractivity contribution in [3.63, 3.8) is 0 Å². The molecular formula is C13H12N2O4S2. The minimum Gasteiger partial charge on any atom is -0.480 e. The van der Waals surface area contributed by atoms with Gasteiger partial charge in [0.05, 0.1) is 13.2 Å². The van der Waals surface area contributed by atoms with Crippen LogP contribution in [0.1, 0.15) is 10.5 Å². The predicted octanol–water partition coefficient (Wildman–Crippen LogP) is 1.80. The molecule has 0 aliphatic carbocycles. The lowest BCUT2D eigenvalue weighted by Crippen LogP contribution is -2.52. The number of hydrogen-bond acceptors (Lipinski definition) is 6. The molecule has 1 saturated heterocycles. The van der Waals surface area contributed by atoms with Crippen LogP contribution in [-0.4, -0.2) is 52.7 Å². The van der Waals surface area contributed by atoms with Crippen molar-refractivity contribution >= 4 is 34.6 Å². The van der Waals surface area contributed by atoms with Crippen molar-refractivity contribution in [2.45, 2.75) is 6.04 Å². The largest absolute Gasteiger partial charge is 0.480 e. The Balaban J connectivity index is 1.83. The molecule has 0 saturated carbocycles. The zero-order valence-electron chi connectivity index (χ0n) is 10.9. The second kappa shape index (κ2) is 5.92. The molecule has 1 N–H and O–H groups in total. The van der Waals surface area contributed by atoms with Gasteiger partial charge in [-0.3, -0.25) is 4.79 Å². The number of thiazole rings is 1. The summed E-state index contributed by atoms with van der Waals surface area (Å²) in [7, 11) is 0. The number of thiophene rings is 1. The summed E-state index contributed by atoms with van der Waals surface area (Å²) in [6.45, 7) is 0.626. The summed E-state index contributed by atoms with van der Waals surface area (Å²) in [5, 5.41) is 15.5. The van der Waals surface area contributed by atoms with E-state index in [0.29, 0.717) is 6.61 Å². The van der Waals surface area contributed by atoms with Gasteiger partial charge in [0.15, 0.2) is 6.04 Å². The van der Waals surface area contributed by atoms with E-state index >= 15 is 0 Å². The Morgan fingerprint density at radius 1 is 1.43 bits per heavy atom. The number of carboxylic acids is 1. The molecule has 1 aliphatic rings. The summed E-state index contributed by atoms with van der Waals surface area (Å²) in [5.41, 5.74) is 1.26. The molecule has 21 heavy (non-hydrogen) atoms. The first-order valence-electron chi connectivity index (χ1n) is 6.26. The summed E-state index contributed by atoms with van der Waals surface area (Å²) in [4.78, 5) is 29.3. The van der Waals surface area contributed by atoms with Gasteiger partial charge in [0.2, 0.25) is 0 Å². The molecule has 1 fully saturated rings. The maximum absolute atomic E-state index is 12.5. The standard InChI is InChI=1S/C13H12N2O4S2/c16-12(15-2-3-19-5-10(15)13(17)18)9-7-21-11(14-9)8-1-4-20-6-8/h1,4,6-7,10H,2-3,5H2,(H,17,18). The lowest BCUT2D eigenvalue weighted by atomic mass is 10.2. The molecule has 8 heteroatoms. The number of amides is 1. The van der Waals surface area contributed by atoms with Crippen LogP contribution in [0, 0.1) is 0 Å². The quantitative estimate of drug-likeness (QED) is 0.931. The van der Waals surface area contributed by atoms with Crippen LogP contribution in [0.2, 0.25) is 0 Å². The molecule has 6 nitrogen and oxygen atoms in total. The topological polar surface area (TPSA) is 79.7 Å². The first-order valence-corrected chi connectivity index (χ1v) is 8.08. The lowest BCUT2D eigenvalue weighted by Gasteiger charge is -2.32. The van der Waals surface area contributed by atoms with Crippen molar-refractivity contribution in [1.29, 1.82) is 0 Å². The average Bonchev–Trinajstić information content (AvgIpc) is 3.17. The average molecular weight is 324 g/mol. The van der Waals surface area contributed by atoms with Crippen LogP contribution in [0.3, 0.4) is 0 Å². The Morgan fingerprint density at radius 2 is 2.29 bits per heavy atom. The summed E-state index contributed by atoms with van der Waals surface area (Å²) in [5.74, 6) is -1.42. The molecule has 110 valence electrons. The Kier molecular flexibility index (Phi) is 4.00. The van der Waals surface area contributed by atoms with Crippen LogP contribution < -0.4 is 0 Å². The number of carbonyl (C=O) groups is 2. The van der Waals surface area contributed by atoms with E-state index < -0.39 is 12.0 Å². The van der Waals surface area contributed by atoms with Crippen molar-refractivity contribution in [3.05, 3.63) is 27.9 Å². The molecule has 0 spiro atoms. The van der Waals surface area contributed by atoms with Gasteiger partial charge in [0.1, 0.15) is 10.7 Å². The van der Waals surface area contributed by atoms with Gasteiger partial charge in [-0.15, -0.1) is 11.3 Å². The van der Waals surface area contributed by atoms with Crippen LogP contribution in [0.25, 0.3) is 10.6 Å². The maximum atomic E-state index is 12.5. The third-order valence-electron chi connectivity index (χ3n) is 3.17. The number of rotatable bonds is 3. The summed E-state index contributed by atoms with van der Waals surface area (Å²) < 4.78 is 5.13. The molecule has 1 aliphatic heterocycles. The van der Waals surface area contributed by atoms with E-state index in [0.717, 1.165) is 10.6 Å². The van der Waals surface area contributed by atoms with Gasteiger partial charge >= 0.3 is 5.97 Å². The number of aromatic nitrogens is 1. The van der Waals surface area contributed by atoms with Crippen LogP contribution in [0.4, 0.5) is 0 Å². The second-order valence-electron chi connectivity index (χ2n) is 4.48. The third kappa shape index (κ3) is 2.82. The zero-order valence-corrected chi connectivity index (χ0v) is 12.5. The molecule has 1 unspecified atom stereocenters. The minimum absolute atomic E-state index is 0.0165. The van der Waals surface area contributed by atoms with Crippen LogP contribution in [-0.2, 0) is 9.53 Å². The van der Waals surface area contributed by atoms with Gasteiger partial charge in [0.25, 0.3) is 5.91 Å². The monoisotopic (exact) mass is 324 g/mol. The van der Waals surface area contributed by atoms with Crippen molar-refractivity contribution in [3.8, 4) is 10.6 Å². The van der Waals surface area contributed by atoms with Crippen molar-refractivity contribution in [2.75, 3.05) is 19.8 Å². The van der Waals surface area contributed by atoms with E-state index in [1.807, 2.05) is 16.8 Å². The molecular weight excluding hydrogens is 312 g/mol. The summed E-state index contributed by atoms with van der Waals surface area (Å²) in [6.07, 6.45) is 0. The van der Waals surface area contributed by atoms with E-state index in [1.54, 1.807) is 16.7 Å². The van der Waals surface area contributed by atoms with Gasteiger partial charge in [0, 0.05) is 22.9 Å². The molecule has 0 radical (unpaired) electrons. The lowest BCUT2D eigenvalue weighted by molar-refractivity contribution is -0.147. The number of hydrogen-bond donors (Lipinski definition) is 1. The zero-order chi connectivity index (χ0) is 14.8. The number of carboxylic acid groups (broad SMARTS) is 1. The van der Waals surface area contributed by atoms with Gasteiger partial charge in [-0.05, 0) is 11.4 Å². The first kappa shape index (κ1) is 14.2. The van der Waals surface area contributed by atoms with E-state index in [4.69, 9.17) is 9.84 Å². The fourth-order valence-electron chi connectivity index (χ4n) is 2.09. The maximum Gasteiger partial charge on any atom is 0.328 e. The molecule has 0 aromatic carbocycles. The third-order valence-corrected chi connectivity index (χ3v) is 4.74. The first-order chi connectivity index (χ1) is 10.2. The molecule has 2 aromatic rings. The Morgan fingerprint density at radius 3 is 3.00 bits per heavy atom. The molecule has 1 amide bonds. The highest BCUT2D eigenvalue weighted by atomic mass is 32.1. The van der Waals surface area contributed by atoms with Gasteiger partial charge in [-0.2, -0.15) is 11.3 Å². The smallest absolute Gasteiger partial charge is 0.328 e. The number of nitrogens with zero attached hydrogens (tertiary/aromatic N) is 2. The van der Waals surface area contributed by atoms with Crippen molar-refractivity contribution in [2.24, 2.45) is 0 Å². The molecule has 2 aromatic heterocycles. The number of aliphatic carboxylic acids is 1. The highest BCUT2D eigenvalue weighted by molar-refractivity contribution is 7.14. The van der Waals surface area contributed by atoms with Crippen molar-refractivity contribution in [1.82, 2.24) is 9.88 Å². The molecule has 3 rings (SSSR count). The summed E-state index contributed by atoms with van der Waals surface area (Å²) in [6, 6.07) is 0.990. The summed E-state index contributed by atoms with van der Waals surface area (Å²) >= 11 is 2.94. The highest BCUT2D eigenvalue weighted by Crippen LogP contribution is 2.26. The fourth-order valence-corrected chi connectivity index (χ4v) is 3.60. The van der Waals surface area contributed by atoms with Crippen LogP contribution in [0.15, 0.2) is 22.2 Å². The van der Waals surface area contributed by atoms with Crippen molar-refractivity contribution < 1.29 is 19.4 Å². The Labute approximate surface area is 128 Å². The molecule has 3 heterocycles. The molecule has 0 bridgehead atoms. The second-order valence-corrected chi connectivity index (χ2v) is 6.12. The SMILES string of the molecule is O=C(O)C1COCCN1C(=O)c1csc(-c2ccsc2)n1. The van der Waals surface area contributed by atoms with E-state index in [9.17, 15) is 9.59 Å². The number of ether oxygens (including phenoxy) is 1. The number of morpholine rings is 1. The van der Waals surface area contributed by atoms with E-state index in [1.165, 1.54) is 16.2 Å². The van der Waals surface area contributed by atoms with Gasteiger partial charge < -0.3 is 14.7 Å². The fraction of sp³-hybridized carbons (Fsp3) is 0.308. The Hall–Kier alpha value is -1.77. The van der Waals surface area contributed by atoms with Crippen LogP contribution in [0.5, 0.6) is 0 Å². The Bertz CT molecular complexity index is 653. The van der Waals surface area contributed by atoms with Gasteiger partial charge in [-0.1, -0.05) is 0 Å². The predicted molar refractivity (Wildman–Crippen MR) is 78.7 cm³/mol. The normalized spacial score (nSPS) is 18.7. The van der Waals surface area contributed by atoms with E-state index in [2.05, 4.69) is 4.98 Å². The highest BCUT2D eigenvalue weighted by Gasteiger charge is 2.34. The van der Waals surface area contributed by atoms with Crippen LogP contribution >= 0.6 is 22.7 Å². The minimum atomic E-state index is -1.06.